The zero-order valence-electron chi connectivity index (χ0n) is 14.3. The van der Waals surface area contributed by atoms with E-state index in [-0.39, 0.29) is 12.4 Å². The van der Waals surface area contributed by atoms with Gasteiger partial charge < -0.3 is 14.8 Å². The summed E-state index contributed by atoms with van der Waals surface area (Å²) in [6.07, 6.45) is 2.05. The topological polar surface area (TPSA) is 65.7 Å². The number of aromatic hydroxyl groups is 1. The molecule has 0 aromatic carbocycles. The van der Waals surface area contributed by atoms with Crippen LogP contribution >= 0.6 is 0 Å². The van der Waals surface area contributed by atoms with E-state index in [2.05, 4.69) is 32.6 Å². The second-order valence-electron chi connectivity index (χ2n) is 6.23. The highest BCUT2D eigenvalue weighted by Gasteiger charge is 2.18. The van der Waals surface area contributed by atoms with E-state index in [4.69, 9.17) is 0 Å². The normalized spacial score (nSPS) is 11.6. The lowest BCUT2D eigenvalue weighted by Crippen LogP contribution is -2.29. The molecule has 0 spiro atoms. The maximum Gasteiger partial charge on any atom is 0.223 e. The van der Waals surface area contributed by atoms with Gasteiger partial charge >= 0.3 is 0 Å². The molecule has 0 aliphatic rings. The van der Waals surface area contributed by atoms with Crippen LogP contribution in [0.4, 0.5) is 0 Å². The molecule has 1 rings (SSSR count). The quantitative estimate of drug-likeness (QED) is 0.734. The van der Waals surface area contributed by atoms with Crippen LogP contribution in [0.25, 0.3) is 0 Å². The molecule has 0 radical (unpaired) electrons. The van der Waals surface area contributed by atoms with Crippen LogP contribution in [-0.2, 0) is 19.7 Å². The Morgan fingerprint density at radius 1 is 1.23 bits per heavy atom. The van der Waals surface area contributed by atoms with Gasteiger partial charge in [0.25, 0.3) is 0 Å². The third-order valence-electron chi connectivity index (χ3n) is 3.64. The first-order valence-corrected chi connectivity index (χ1v) is 8.22. The number of aromatic nitrogens is 1. The molecule has 22 heavy (non-hydrogen) atoms. The Labute approximate surface area is 133 Å². The Morgan fingerprint density at radius 3 is 2.27 bits per heavy atom. The molecule has 126 valence electrons. The van der Waals surface area contributed by atoms with Crippen molar-refractivity contribution in [2.75, 3.05) is 13.1 Å². The fourth-order valence-corrected chi connectivity index (χ4v) is 2.74. The van der Waals surface area contributed by atoms with E-state index in [9.17, 15) is 15.0 Å². The molecular weight excluding hydrogens is 280 g/mol. The van der Waals surface area contributed by atoms with Crippen LogP contribution in [-0.4, -0.2) is 32.8 Å². The Hall–Kier alpha value is -1.33. The van der Waals surface area contributed by atoms with Crippen LogP contribution in [0.15, 0.2) is 10.9 Å². The van der Waals surface area contributed by atoms with Gasteiger partial charge in [-0.05, 0) is 31.8 Å². The minimum atomic E-state index is -0.410. The van der Waals surface area contributed by atoms with Gasteiger partial charge in [0.15, 0.2) is 5.75 Å². The van der Waals surface area contributed by atoms with E-state index in [1.54, 1.807) is 0 Å². The first kappa shape index (κ1) is 18.7. The fourth-order valence-electron chi connectivity index (χ4n) is 2.74. The lowest BCUT2D eigenvalue weighted by atomic mass is 10.1. The van der Waals surface area contributed by atoms with Crippen LogP contribution in [0.2, 0.25) is 0 Å². The number of pyridine rings is 1. The minimum absolute atomic E-state index is 0.185. The van der Waals surface area contributed by atoms with Crippen LogP contribution in [0.3, 0.4) is 0 Å². The zero-order chi connectivity index (χ0) is 16.7. The highest BCUT2D eigenvalue weighted by atomic mass is 16.3. The van der Waals surface area contributed by atoms with Crippen LogP contribution in [0.1, 0.15) is 51.9 Å². The van der Waals surface area contributed by atoms with Crippen molar-refractivity contribution in [1.82, 2.24) is 9.47 Å². The lowest BCUT2D eigenvalue weighted by Gasteiger charge is -2.26. The summed E-state index contributed by atoms with van der Waals surface area (Å²) in [5, 5.41) is 19.8. The number of aliphatic hydroxyl groups excluding tert-OH is 1. The summed E-state index contributed by atoms with van der Waals surface area (Å²) >= 11 is 0. The lowest BCUT2D eigenvalue weighted by molar-refractivity contribution is 0.240. The Balaban J connectivity index is 3.28. The van der Waals surface area contributed by atoms with Crippen molar-refractivity contribution in [1.29, 1.82) is 0 Å². The molecule has 1 aromatic heterocycles. The van der Waals surface area contributed by atoms with Gasteiger partial charge in [0.1, 0.15) is 0 Å². The molecule has 0 saturated heterocycles. The number of nitrogens with zero attached hydrogens (tertiary/aromatic N) is 2. The summed E-state index contributed by atoms with van der Waals surface area (Å²) in [6, 6.07) is 1.34. The predicted octanol–water partition coefficient (Wildman–Crippen LogP) is 2.32. The number of rotatable bonds is 9. The average Bonchev–Trinajstić information content (AvgIpc) is 2.46. The molecule has 0 bridgehead atoms. The van der Waals surface area contributed by atoms with Crippen molar-refractivity contribution in [3.8, 4) is 5.75 Å². The molecule has 0 amide bonds. The maximum atomic E-state index is 12.0. The van der Waals surface area contributed by atoms with Gasteiger partial charge in [-0.15, -0.1) is 0 Å². The molecule has 0 atom stereocenters. The van der Waals surface area contributed by atoms with Gasteiger partial charge in [-0.2, -0.15) is 0 Å². The molecule has 1 heterocycles. The van der Waals surface area contributed by atoms with E-state index in [0.717, 1.165) is 25.9 Å². The number of aliphatic hydroxyl groups is 1. The van der Waals surface area contributed by atoms with Crippen LogP contribution in [0.5, 0.6) is 5.75 Å². The largest absolute Gasteiger partial charge is 0.503 e. The first-order valence-electron chi connectivity index (χ1n) is 8.22. The second kappa shape index (κ2) is 8.96. The Morgan fingerprint density at radius 2 is 1.82 bits per heavy atom. The SMILES string of the molecule is CCCN(CCC)Cc1c(O)c(=O)cc(CO)n1CC(C)C. The standard InChI is InChI=1S/C17H30N2O3/c1-5-7-18(8-6-2)11-15-17(22)16(21)9-14(12-20)19(15)10-13(3)4/h9,13,20,22H,5-8,10-12H2,1-4H3. The Kier molecular flexibility index (Phi) is 7.62. The highest BCUT2D eigenvalue weighted by molar-refractivity contribution is 5.30. The summed E-state index contributed by atoms with van der Waals surface area (Å²) < 4.78 is 1.90. The van der Waals surface area contributed by atoms with Crippen molar-refractivity contribution >= 4 is 0 Å². The van der Waals surface area contributed by atoms with Crippen LogP contribution < -0.4 is 5.43 Å². The molecule has 0 aliphatic heterocycles. The molecule has 0 unspecified atom stereocenters. The summed E-state index contributed by atoms with van der Waals surface area (Å²) in [4.78, 5) is 14.2. The molecule has 0 saturated carbocycles. The van der Waals surface area contributed by atoms with Gasteiger partial charge in [0.05, 0.1) is 12.3 Å². The first-order chi connectivity index (χ1) is 10.4. The molecule has 5 nitrogen and oxygen atoms in total. The highest BCUT2D eigenvalue weighted by Crippen LogP contribution is 2.19. The average molecular weight is 310 g/mol. The molecule has 1 aromatic rings. The van der Waals surface area contributed by atoms with E-state index >= 15 is 0 Å². The smallest absolute Gasteiger partial charge is 0.223 e. The van der Waals surface area contributed by atoms with Crippen molar-refractivity contribution in [2.45, 2.75) is 60.2 Å². The van der Waals surface area contributed by atoms with E-state index in [0.29, 0.717) is 30.4 Å². The van der Waals surface area contributed by atoms with Crippen LogP contribution in [0, 0.1) is 5.92 Å². The van der Waals surface area contributed by atoms with Crippen molar-refractivity contribution < 1.29 is 10.2 Å². The van der Waals surface area contributed by atoms with E-state index < -0.39 is 5.43 Å². The minimum Gasteiger partial charge on any atom is -0.503 e. The second-order valence-corrected chi connectivity index (χ2v) is 6.23. The number of hydrogen-bond acceptors (Lipinski definition) is 4. The molecule has 5 heteroatoms. The summed E-state index contributed by atoms with van der Waals surface area (Å²) in [6.45, 7) is 11.2. The maximum absolute atomic E-state index is 12.0. The van der Waals surface area contributed by atoms with Gasteiger partial charge in [-0.1, -0.05) is 27.7 Å². The Bertz CT molecular complexity index is 517. The fraction of sp³-hybridized carbons (Fsp3) is 0.706. The predicted molar refractivity (Wildman–Crippen MR) is 89.0 cm³/mol. The van der Waals surface area contributed by atoms with E-state index in [1.807, 2.05) is 4.57 Å². The third kappa shape index (κ3) is 4.85. The third-order valence-corrected chi connectivity index (χ3v) is 3.64. The number of hydrogen-bond donors (Lipinski definition) is 2. The van der Waals surface area contributed by atoms with Gasteiger partial charge in [-0.25, -0.2) is 0 Å². The van der Waals surface area contributed by atoms with Gasteiger partial charge in [-0.3, -0.25) is 9.69 Å². The molecule has 2 N–H and O–H groups in total. The summed E-state index contributed by atoms with van der Waals surface area (Å²) in [5.74, 6) is 0.173. The molecule has 0 fully saturated rings. The van der Waals surface area contributed by atoms with Crippen molar-refractivity contribution in [2.24, 2.45) is 5.92 Å². The molecule has 0 aliphatic carbocycles. The zero-order valence-corrected chi connectivity index (χ0v) is 14.3. The van der Waals surface area contributed by atoms with Gasteiger partial charge in [0.2, 0.25) is 5.43 Å². The van der Waals surface area contributed by atoms with Gasteiger partial charge in [0, 0.05) is 24.8 Å². The van der Waals surface area contributed by atoms with Crippen molar-refractivity contribution in [3.63, 3.8) is 0 Å². The monoisotopic (exact) mass is 310 g/mol. The summed E-state index contributed by atoms with van der Waals surface area (Å²) in [5.41, 5.74) is 0.776. The molecular formula is C17H30N2O3. The van der Waals surface area contributed by atoms with E-state index in [1.165, 1.54) is 6.07 Å². The summed E-state index contributed by atoms with van der Waals surface area (Å²) in [7, 11) is 0. The van der Waals surface area contributed by atoms with Crippen molar-refractivity contribution in [3.05, 3.63) is 27.7 Å².